The van der Waals surface area contributed by atoms with Gasteiger partial charge in [-0.05, 0) is 26.7 Å². The van der Waals surface area contributed by atoms with E-state index in [1.807, 2.05) is 11.6 Å². The van der Waals surface area contributed by atoms with Crippen LogP contribution in [0, 0.1) is 13.8 Å². The highest BCUT2D eigenvalue weighted by molar-refractivity contribution is 14.0. The summed E-state index contributed by atoms with van der Waals surface area (Å²) >= 11 is 0. The van der Waals surface area contributed by atoms with Crippen LogP contribution < -0.4 is 10.6 Å². The van der Waals surface area contributed by atoms with Crippen molar-refractivity contribution in [2.45, 2.75) is 53.1 Å². The van der Waals surface area contributed by atoms with Gasteiger partial charge in [0.05, 0.1) is 18.8 Å². The molecule has 0 bridgehead atoms. The van der Waals surface area contributed by atoms with Gasteiger partial charge in [-0.15, -0.1) is 24.0 Å². The van der Waals surface area contributed by atoms with Crippen LogP contribution in [-0.4, -0.2) is 56.3 Å². The fourth-order valence-corrected chi connectivity index (χ4v) is 2.51. The molecule has 0 aliphatic rings. The number of aryl methyl sites for hydroxylation is 1. The molecule has 0 fully saturated rings. The predicted octanol–water partition coefficient (Wildman–Crippen LogP) is 2.64. The summed E-state index contributed by atoms with van der Waals surface area (Å²) in [5.74, 6) is 0.803. The molecule has 152 valence electrons. The number of guanidine groups is 1. The number of unbranched alkanes of at least 4 members (excludes halogenated alkanes) is 1. The first kappa shape index (κ1) is 25.1. The molecule has 0 aromatic carbocycles. The van der Waals surface area contributed by atoms with Gasteiger partial charge in [-0.3, -0.25) is 9.67 Å². The number of halogens is 1. The van der Waals surface area contributed by atoms with Crippen molar-refractivity contribution in [2.75, 3.05) is 40.5 Å². The molecule has 0 atom stereocenters. The molecule has 0 aliphatic heterocycles. The lowest BCUT2D eigenvalue weighted by Crippen LogP contribution is -2.37. The summed E-state index contributed by atoms with van der Waals surface area (Å²) in [7, 11) is 3.49. The summed E-state index contributed by atoms with van der Waals surface area (Å²) in [5.41, 5.74) is 3.42. The van der Waals surface area contributed by atoms with Crippen LogP contribution in [0.5, 0.6) is 0 Å². The number of hydrogen-bond acceptors (Lipinski definition) is 4. The maximum atomic E-state index is 5.56. The molecule has 1 aromatic heterocycles. The van der Waals surface area contributed by atoms with Gasteiger partial charge in [-0.2, -0.15) is 5.10 Å². The molecule has 0 radical (unpaired) electrons. The monoisotopic (exact) mass is 481 g/mol. The maximum absolute atomic E-state index is 5.56. The summed E-state index contributed by atoms with van der Waals surface area (Å²) in [6.45, 7) is 10.9. The average molecular weight is 481 g/mol. The van der Waals surface area contributed by atoms with Gasteiger partial charge in [0, 0.05) is 51.7 Å². The van der Waals surface area contributed by atoms with Crippen LogP contribution in [0.3, 0.4) is 0 Å². The topological polar surface area (TPSA) is 72.7 Å². The zero-order valence-corrected chi connectivity index (χ0v) is 19.3. The number of aromatic nitrogens is 2. The van der Waals surface area contributed by atoms with Gasteiger partial charge in [0.1, 0.15) is 0 Å². The fraction of sp³-hybridized carbons (Fsp3) is 0.778. The number of ether oxygens (including phenoxy) is 2. The van der Waals surface area contributed by atoms with E-state index in [0.29, 0.717) is 13.2 Å². The molecule has 8 heteroatoms. The lowest BCUT2D eigenvalue weighted by atomic mass is 10.2. The zero-order valence-electron chi connectivity index (χ0n) is 16.9. The van der Waals surface area contributed by atoms with Crippen molar-refractivity contribution in [1.29, 1.82) is 0 Å². The van der Waals surface area contributed by atoms with E-state index in [9.17, 15) is 0 Å². The molecule has 7 nitrogen and oxygen atoms in total. The molecule has 0 saturated heterocycles. The lowest BCUT2D eigenvalue weighted by molar-refractivity contribution is 0.129. The second kappa shape index (κ2) is 15.2. The van der Waals surface area contributed by atoms with Crippen molar-refractivity contribution in [3.8, 4) is 0 Å². The number of rotatable bonds is 12. The lowest BCUT2D eigenvalue weighted by Gasteiger charge is -2.12. The highest BCUT2D eigenvalue weighted by atomic mass is 127. The van der Waals surface area contributed by atoms with Gasteiger partial charge in [0.15, 0.2) is 5.96 Å². The molecule has 1 aromatic rings. The van der Waals surface area contributed by atoms with Gasteiger partial charge >= 0.3 is 0 Å². The van der Waals surface area contributed by atoms with Crippen LogP contribution in [0.4, 0.5) is 0 Å². The van der Waals surface area contributed by atoms with Crippen molar-refractivity contribution in [2.24, 2.45) is 4.99 Å². The van der Waals surface area contributed by atoms with Gasteiger partial charge in [0.25, 0.3) is 0 Å². The van der Waals surface area contributed by atoms with Gasteiger partial charge in [-0.25, -0.2) is 0 Å². The molecular weight excluding hydrogens is 445 g/mol. The summed E-state index contributed by atoms with van der Waals surface area (Å²) in [6, 6.07) is 0. The van der Waals surface area contributed by atoms with Crippen LogP contribution in [0.25, 0.3) is 0 Å². The Morgan fingerprint density at radius 3 is 2.54 bits per heavy atom. The van der Waals surface area contributed by atoms with Crippen molar-refractivity contribution in [3.63, 3.8) is 0 Å². The first-order valence-corrected chi connectivity index (χ1v) is 9.18. The van der Waals surface area contributed by atoms with E-state index in [4.69, 9.17) is 9.47 Å². The predicted molar refractivity (Wildman–Crippen MR) is 118 cm³/mol. The molecule has 0 saturated carbocycles. The van der Waals surface area contributed by atoms with Gasteiger partial charge in [0.2, 0.25) is 0 Å². The Bertz CT molecular complexity index is 520. The Hall–Kier alpha value is -0.870. The van der Waals surface area contributed by atoms with E-state index < -0.39 is 0 Å². The third-order valence-corrected chi connectivity index (χ3v) is 4.09. The molecule has 26 heavy (non-hydrogen) atoms. The van der Waals surface area contributed by atoms with Crippen molar-refractivity contribution in [3.05, 3.63) is 17.0 Å². The van der Waals surface area contributed by atoms with Crippen LogP contribution in [0.2, 0.25) is 0 Å². The van der Waals surface area contributed by atoms with E-state index in [-0.39, 0.29) is 24.0 Å². The second-order valence-electron chi connectivity index (χ2n) is 6.04. The largest absolute Gasteiger partial charge is 0.383 e. The number of aliphatic imine (C=N–C) groups is 1. The third-order valence-electron chi connectivity index (χ3n) is 4.09. The quantitative estimate of drug-likeness (QED) is 0.208. The van der Waals surface area contributed by atoms with Crippen molar-refractivity contribution >= 4 is 29.9 Å². The van der Waals surface area contributed by atoms with E-state index in [1.54, 1.807) is 14.2 Å². The first-order chi connectivity index (χ1) is 12.1. The number of nitrogens with zero attached hydrogens (tertiary/aromatic N) is 3. The maximum Gasteiger partial charge on any atom is 0.191 e. The first-order valence-electron chi connectivity index (χ1n) is 9.18. The Balaban J connectivity index is 0.00000625. The number of methoxy groups -OCH3 is 1. The van der Waals surface area contributed by atoms with Gasteiger partial charge < -0.3 is 20.1 Å². The van der Waals surface area contributed by atoms with Crippen molar-refractivity contribution in [1.82, 2.24) is 20.4 Å². The molecule has 0 amide bonds. The SMILES string of the molecule is CCCCOCCCNC(=NC)NCc1c(C)nn(CCOC)c1C.I. The minimum atomic E-state index is 0. The van der Waals surface area contributed by atoms with E-state index in [1.165, 1.54) is 17.7 Å². The normalized spacial score (nSPS) is 11.3. The average Bonchev–Trinajstić information content (AvgIpc) is 2.88. The fourth-order valence-electron chi connectivity index (χ4n) is 2.51. The Labute approximate surface area is 175 Å². The smallest absolute Gasteiger partial charge is 0.191 e. The van der Waals surface area contributed by atoms with E-state index >= 15 is 0 Å². The molecular formula is C18H36IN5O2. The summed E-state index contributed by atoms with van der Waals surface area (Å²) in [6.07, 6.45) is 3.28. The Morgan fingerprint density at radius 2 is 1.88 bits per heavy atom. The number of nitrogens with one attached hydrogen (secondary N) is 2. The molecule has 0 unspecified atom stereocenters. The standard InChI is InChI=1S/C18H35N5O2.HI/c1-6-7-11-25-12-8-9-20-18(19-4)21-14-17-15(2)22-23(16(17)3)10-13-24-5;/h6-14H2,1-5H3,(H2,19,20,21);1H. The highest BCUT2D eigenvalue weighted by Gasteiger charge is 2.11. The van der Waals surface area contributed by atoms with E-state index in [0.717, 1.165) is 50.8 Å². The number of hydrogen-bond donors (Lipinski definition) is 2. The van der Waals surface area contributed by atoms with E-state index in [2.05, 4.69) is 34.6 Å². The second-order valence-corrected chi connectivity index (χ2v) is 6.04. The highest BCUT2D eigenvalue weighted by Crippen LogP contribution is 2.12. The Morgan fingerprint density at radius 1 is 1.15 bits per heavy atom. The van der Waals surface area contributed by atoms with Crippen LogP contribution in [0.15, 0.2) is 4.99 Å². The molecule has 0 aliphatic carbocycles. The minimum absolute atomic E-state index is 0. The van der Waals surface area contributed by atoms with Crippen LogP contribution in [-0.2, 0) is 22.6 Å². The summed E-state index contributed by atoms with van der Waals surface area (Å²) < 4.78 is 12.7. The van der Waals surface area contributed by atoms with Crippen LogP contribution in [0.1, 0.15) is 43.1 Å². The summed E-state index contributed by atoms with van der Waals surface area (Å²) in [5, 5.41) is 11.3. The van der Waals surface area contributed by atoms with Gasteiger partial charge in [-0.1, -0.05) is 13.3 Å². The molecule has 2 N–H and O–H groups in total. The molecule has 0 spiro atoms. The van der Waals surface area contributed by atoms with Crippen molar-refractivity contribution < 1.29 is 9.47 Å². The third kappa shape index (κ3) is 9.18. The minimum Gasteiger partial charge on any atom is -0.383 e. The summed E-state index contributed by atoms with van der Waals surface area (Å²) in [4.78, 5) is 4.27. The molecule has 1 rings (SSSR count). The Kier molecular flexibility index (Phi) is 14.7. The molecule has 1 heterocycles. The van der Waals surface area contributed by atoms with Crippen LogP contribution >= 0.6 is 24.0 Å². The zero-order chi connectivity index (χ0) is 18.5.